The maximum atomic E-state index is 11.2. The molecule has 0 heterocycles. The quantitative estimate of drug-likeness (QED) is 0.321. The van der Waals surface area contributed by atoms with Crippen molar-refractivity contribution in [1.29, 1.82) is 0 Å². The molecule has 0 atom stereocenters. The van der Waals surface area contributed by atoms with E-state index in [9.17, 15) is 17.8 Å². The van der Waals surface area contributed by atoms with Crippen LogP contribution in [-0.2, 0) is 14.9 Å². The Kier molecular flexibility index (Phi) is 6.18. The van der Waals surface area contributed by atoms with Crippen molar-refractivity contribution in [1.82, 2.24) is 0 Å². The second-order valence-corrected chi connectivity index (χ2v) is 5.29. The minimum atomic E-state index is -4.49. The largest absolute Gasteiger partial charge is 1.00 e. The number of hydrogen-bond acceptors (Lipinski definition) is 6. The summed E-state index contributed by atoms with van der Waals surface area (Å²) in [6.07, 6.45) is -0.814. The molecule has 106 valence electrons. The maximum Gasteiger partial charge on any atom is 1.00 e. The number of ether oxygens (including phenoxy) is 2. The Balaban J connectivity index is 0.00000220. The van der Waals surface area contributed by atoms with Crippen molar-refractivity contribution < 1.29 is 56.8 Å². The van der Waals surface area contributed by atoms with Crippen LogP contribution in [0.1, 0.15) is 6.92 Å². The van der Waals surface area contributed by atoms with Gasteiger partial charge in [0.2, 0.25) is 0 Å². The third-order valence-corrected chi connectivity index (χ3v) is 3.37. The van der Waals surface area contributed by atoms with Crippen LogP contribution in [0.4, 0.5) is 4.79 Å². The Bertz CT molecular complexity index is 756. The van der Waals surface area contributed by atoms with E-state index in [-0.39, 0.29) is 46.8 Å². The van der Waals surface area contributed by atoms with Gasteiger partial charge in [0.1, 0.15) is 15.9 Å². The summed E-state index contributed by atoms with van der Waals surface area (Å²) in [5, 5.41) is 1.19. The molecule has 0 saturated carbocycles. The average molecular weight is 318 g/mol. The van der Waals surface area contributed by atoms with E-state index in [0.29, 0.717) is 10.8 Å². The summed E-state index contributed by atoms with van der Waals surface area (Å²) in [6, 6.07) is 8.54. The van der Waals surface area contributed by atoms with Crippen LogP contribution in [-0.4, -0.2) is 25.7 Å². The van der Waals surface area contributed by atoms with Crippen molar-refractivity contribution in [3.63, 3.8) is 0 Å². The summed E-state index contributed by atoms with van der Waals surface area (Å²) >= 11 is 0. The maximum absolute atomic E-state index is 11.2. The number of carbonyl (C=O) groups is 1. The molecule has 0 radical (unpaired) electrons. The normalized spacial score (nSPS) is 10.8. The Morgan fingerprint density at radius 3 is 2.38 bits per heavy atom. The first-order valence-corrected chi connectivity index (χ1v) is 7.15. The fraction of sp³-hybridized carbons (Fsp3) is 0.154. The van der Waals surface area contributed by atoms with E-state index in [1.807, 2.05) is 0 Å². The molecule has 2 rings (SSSR count). The molecule has 0 aromatic heterocycles. The summed E-state index contributed by atoms with van der Waals surface area (Å²) in [5.41, 5.74) is 0. The van der Waals surface area contributed by atoms with Crippen molar-refractivity contribution in [2.24, 2.45) is 0 Å². The molecular formula is C13H11NaO6S. The Labute approximate surface area is 144 Å². The van der Waals surface area contributed by atoms with Gasteiger partial charge in [-0.25, -0.2) is 13.2 Å². The predicted molar refractivity (Wildman–Crippen MR) is 69.6 cm³/mol. The number of rotatable bonds is 3. The van der Waals surface area contributed by atoms with E-state index >= 15 is 0 Å². The van der Waals surface area contributed by atoms with Gasteiger partial charge < -0.3 is 14.0 Å². The number of carbonyl (C=O) groups excluding carboxylic acids is 1. The fourth-order valence-electron chi connectivity index (χ4n) is 1.66. The zero-order chi connectivity index (χ0) is 14.8. The fourth-order valence-corrected chi connectivity index (χ4v) is 2.17. The summed E-state index contributed by atoms with van der Waals surface area (Å²) in [6.45, 7) is 1.86. The molecular weight excluding hydrogens is 307 g/mol. The van der Waals surface area contributed by atoms with Gasteiger partial charge in [0.15, 0.2) is 0 Å². The van der Waals surface area contributed by atoms with E-state index in [1.165, 1.54) is 24.3 Å². The second-order valence-electron chi connectivity index (χ2n) is 3.91. The van der Waals surface area contributed by atoms with Crippen molar-refractivity contribution in [3.05, 3.63) is 36.4 Å². The molecule has 0 aliphatic heterocycles. The predicted octanol–water partition coefficient (Wildman–Crippen LogP) is -0.717. The van der Waals surface area contributed by atoms with Crippen LogP contribution in [0.25, 0.3) is 10.8 Å². The second kappa shape index (κ2) is 7.24. The van der Waals surface area contributed by atoms with E-state index < -0.39 is 16.3 Å². The molecule has 0 N–H and O–H groups in total. The van der Waals surface area contributed by atoms with Crippen molar-refractivity contribution in [2.45, 2.75) is 11.8 Å². The molecule has 8 heteroatoms. The van der Waals surface area contributed by atoms with E-state index in [4.69, 9.17) is 4.74 Å². The molecule has 0 bridgehead atoms. The van der Waals surface area contributed by atoms with Gasteiger partial charge in [0.25, 0.3) is 0 Å². The van der Waals surface area contributed by atoms with Gasteiger partial charge in [-0.3, -0.25) is 0 Å². The summed E-state index contributed by atoms with van der Waals surface area (Å²) < 4.78 is 42.3. The molecule has 6 nitrogen and oxygen atoms in total. The van der Waals surface area contributed by atoms with Gasteiger partial charge in [-0.1, -0.05) is 12.1 Å². The zero-order valence-electron chi connectivity index (χ0n) is 11.5. The molecule has 0 amide bonds. The first kappa shape index (κ1) is 17.9. The smallest absolute Gasteiger partial charge is 0.744 e. The SMILES string of the molecule is CCOC(=O)Oc1ccc2cc(S(=O)(=O)[O-])ccc2c1.[Na+]. The standard InChI is InChI=1S/C13H12O6S.Na/c1-2-18-13(14)19-11-5-3-10-8-12(20(15,16)17)6-4-9(10)7-11;/h3-8H,2H2,1H3,(H,15,16,17);/q;+1/p-1. The van der Waals surface area contributed by atoms with Gasteiger partial charge >= 0.3 is 35.7 Å². The molecule has 0 saturated heterocycles. The topological polar surface area (TPSA) is 92.7 Å². The zero-order valence-corrected chi connectivity index (χ0v) is 14.3. The molecule has 0 unspecified atom stereocenters. The van der Waals surface area contributed by atoms with Gasteiger partial charge in [-0.05, 0) is 42.0 Å². The van der Waals surface area contributed by atoms with Crippen LogP contribution in [0, 0.1) is 0 Å². The minimum absolute atomic E-state index is 0. The summed E-state index contributed by atoms with van der Waals surface area (Å²) in [7, 11) is -4.49. The van der Waals surface area contributed by atoms with Crippen LogP contribution in [0.2, 0.25) is 0 Å². The van der Waals surface area contributed by atoms with Crippen LogP contribution < -0.4 is 34.3 Å². The third-order valence-electron chi connectivity index (χ3n) is 2.54. The Morgan fingerprint density at radius 2 is 1.76 bits per heavy atom. The summed E-state index contributed by atoms with van der Waals surface area (Å²) in [5.74, 6) is 0.272. The van der Waals surface area contributed by atoms with Crippen molar-refractivity contribution in [2.75, 3.05) is 6.61 Å². The number of benzene rings is 2. The van der Waals surface area contributed by atoms with Gasteiger partial charge in [-0.15, -0.1) is 0 Å². The first-order valence-electron chi connectivity index (χ1n) is 5.74. The molecule has 21 heavy (non-hydrogen) atoms. The molecule has 0 aliphatic rings. The van der Waals surface area contributed by atoms with Crippen LogP contribution >= 0.6 is 0 Å². The van der Waals surface area contributed by atoms with Crippen LogP contribution in [0.15, 0.2) is 41.3 Å². The Hall–Kier alpha value is -1.12. The minimum Gasteiger partial charge on any atom is -0.744 e. The van der Waals surface area contributed by atoms with Gasteiger partial charge in [-0.2, -0.15) is 0 Å². The van der Waals surface area contributed by atoms with Crippen LogP contribution in [0.3, 0.4) is 0 Å². The molecule has 0 fully saturated rings. The number of hydrogen-bond donors (Lipinski definition) is 0. The molecule has 2 aromatic carbocycles. The third kappa shape index (κ3) is 4.69. The van der Waals surface area contributed by atoms with E-state index in [2.05, 4.69) is 4.74 Å². The van der Waals surface area contributed by atoms with Gasteiger partial charge in [0, 0.05) is 0 Å². The van der Waals surface area contributed by atoms with Gasteiger partial charge in [0.05, 0.1) is 11.5 Å². The van der Waals surface area contributed by atoms with E-state index in [1.54, 1.807) is 19.1 Å². The van der Waals surface area contributed by atoms with E-state index in [0.717, 1.165) is 0 Å². The first-order chi connectivity index (χ1) is 9.40. The van der Waals surface area contributed by atoms with Crippen molar-refractivity contribution in [3.8, 4) is 5.75 Å². The molecule has 0 aliphatic carbocycles. The van der Waals surface area contributed by atoms with Crippen LogP contribution in [0.5, 0.6) is 5.75 Å². The monoisotopic (exact) mass is 318 g/mol. The average Bonchev–Trinajstić information content (AvgIpc) is 2.37. The molecule has 2 aromatic rings. The number of fused-ring (bicyclic) bond motifs is 1. The Morgan fingerprint density at radius 1 is 1.14 bits per heavy atom. The molecule has 0 spiro atoms. The summed E-state index contributed by atoms with van der Waals surface area (Å²) in [4.78, 5) is 10.9. The van der Waals surface area contributed by atoms with Crippen molar-refractivity contribution >= 4 is 27.0 Å².